The molecule has 0 aliphatic carbocycles. The molecule has 0 spiro atoms. The fourth-order valence-corrected chi connectivity index (χ4v) is 2.06. The van der Waals surface area contributed by atoms with E-state index < -0.39 is 24.0 Å². The second-order valence-corrected chi connectivity index (χ2v) is 4.60. The Kier molecular flexibility index (Phi) is 3.65. The predicted molar refractivity (Wildman–Crippen MR) is 67.3 cm³/mol. The van der Waals surface area contributed by atoms with Crippen molar-refractivity contribution < 1.29 is 23.1 Å². The molecular formula is C14H12F3NO2. The van der Waals surface area contributed by atoms with E-state index in [-0.39, 0.29) is 5.69 Å². The fourth-order valence-electron chi connectivity index (χ4n) is 2.06. The van der Waals surface area contributed by atoms with Crippen molar-refractivity contribution >= 4 is 16.7 Å². The van der Waals surface area contributed by atoms with Gasteiger partial charge in [0.15, 0.2) is 0 Å². The first-order chi connectivity index (χ1) is 9.30. The summed E-state index contributed by atoms with van der Waals surface area (Å²) < 4.78 is 38.3. The van der Waals surface area contributed by atoms with Gasteiger partial charge in [0, 0.05) is 11.6 Å². The van der Waals surface area contributed by atoms with Crippen LogP contribution in [0, 0.1) is 5.92 Å². The Morgan fingerprint density at radius 1 is 1.25 bits per heavy atom. The molecular weight excluding hydrogens is 271 g/mol. The molecule has 2 aromatic rings. The van der Waals surface area contributed by atoms with Gasteiger partial charge in [0.2, 0.25) is 0 Å². The number of alkyl halides is 3. The molecule has 1 aromatic heterocycles. The van der Waals surface area contributed by atoms with E-state index in [1.165, 1.54) is 12.3 Å². The molecule has 1 aromatic carbocycles. The highest BCUT2D eigenvalue weighted by molar-refractivity contribution is 5.84. The zero-order valence-corrected chi connectivity index (χ0v) is 10.6. The largest absolute Gasteiger partial charge is 0.481 e. The van der Waals surface area contributed by atoms with Gasteiger partial charge in [-0.2, -0.15) is 13.2 Å². The molecule has 6 heteroatoms. The minimum absolute atomic E-state index is 0.0824. The summed E-state index contributed by atoms with van der Waals surface area (Å²) in [5.41, 5.74) is -0.0824. The van der Waals surface area contributed by atoms with Crippen molar-refractivity contribution in [2.45, 2.75) is 19.0 Å². The maximum atomic E-state index is 12.8. The third-order valence-corrected chi connectivity index (χ3v) is 3.25. The number of hydrogen-bond donors (Lipinski definition) is 1. The summed E-state index contributed by atoms with van der Waals surface area (Å²) in [6, 6.07) is 8.37. The van der Waals surface area contributed by atoms with Gasteiger partial charge >= 0.3 is 12.1 Å². The van der Waals surface area contributed by atoms with Gasteiger partial charge in [-0.3, -0.25) is 9.78 Å². The number of carbonyl (C=O) groups is 1. The zero-order valence-electron chi connectivity index (χ0n) is 10.6. The molecule has 0 bridgehead atoms. The SMILES string of the molecule is CC(C(C(=O)O)c1cc2ccccc2cn1)C(F)(F)F. The average Bonchev–Trinajstić information content (AvgIpc) is 2.37. The van der Waals surface area contributed by atoms with Crippen molar-refractivity contribution in [2.24, 2.45) is 5.92 Å². The topological polar surface area (TPSA) is 50.2 Å². The minimum atomic E-state index is -4.59. The standard InChI is InChI=1S/C14H12F3NO2/c1-8(14(15,16)17)12(13(19)20)11-6-9-4-2-3-5-10(9)7-18-11/h2-8,12H,1H3,(H,19,20). The Morgan fingerprint density at radius 3 is 2.40 bits per heavy atom. The van der Waals surface area contributed by atoms with E-state index in [2.05, 4.69) is 4.98 Å². The Morgan fingerprint density at radius 2 is 1.85 bits per heavy atom. The first-order valence-electron chi connectivity index (χ1n) is 5.95. The molecule has 3 nitrogen and oxygen atoms in total. The highest BCUT2D eigenvalue weighted by Gasteiger charge is 2.45. The number of aromatic nitrogens is 1. The molecule has 20 heavy (non-hydrogen) atoms. The summed E-state index contributed by atoms with van der Waals surface area (Å²) in [5, 5.41) is 10.5. The third kappa shape index (κ3) is 2.74. The fraction of sp³-hybridized carbons (Fsp3) is 0.286. The van der Waals surface area contributed by atoms with Crippen molar-refractivity contribution in [3.8, 4) is 0 Å². The van der Waals surface area contributed by atoms with E-state index in [4.69, 9.17) is 5.11 Å². The second-order valence-electron chi connectivity index (χ2n) is 4.60. The number of carboxylic acid groups (broad SMARTS) is 1. The van der Waals surface area contributed by atoms with Crippen LogP contribution in [0.25, 0.3) is 10.8 Å². The third-order valence-electron chi connectivity index (χ3n) is 3.25. The number of fused-ring (bicyclic) bond motifs is 1. The molecule has 0 aliphatic heterocycles. The summed E-state index contributed by atoms with van der Waals surface area (Å²) in [6.45, 7) is 0.857. The van der Waals surface area contributed by atoms with E-state index in [1.807, 2.05) is 0 Å². The Hall–Kier alpha value is -2.11. The second kappa shape index (κ2) is 5.11. The van der Waals surface area contributed by atoms with Crippen LogP contribution in [0.1, 0.15) is 18.5 Å². The number of rotatable bonds is 3. The number of aliphatic carboxylic acids is 1. The summed E-state index contributed by atoms with van der Waals surface area (Å²) in [7, 11) is 0. The molecule has 0 saturated carbocycles. The summed E-state index contributed by atoms with van der Waals surface area (Å²) in [4.78, 5) is 15.1. The summed E-state index contributed by atoms with van der Waals surface area (Å²) in [5.74, 6) is -5.24. The molecule has 2 rings (SSSR count). The summed E-state index contributed by atoms with van der Waals surface area (Å²) >= 11 is 0. The Labute approximate surface area is 113 Å². The molecule has 2 unspecified atom stereocenters. The maximum Gasteiger partial charge on any atom is 0.392 e. The Bertz CT molecular complexity index is 640. The van der Waals surface area contributed by atoms with Crippen LogP contribution < -0.4 is 0 Å². The Balaban J connectivity index is 2.49. The van der Waals surface area contributed by atoms with Crippen LogP contribution in [0.2, 0.25) is 0 Å². The van der Waals surface area contributed by atoms with Gasteiger partial charge in [-0.25, -0.2) is 0 Å². The number of pyridine rings is 1. The molecule has 0 amide bonds. The van der Waals surface area contributed by atoms with Crippen LogP contribution in [0.15, 0.2) is 36.5 Å². The lowest BCUT2D eigenvalue weighted by molar-refractivity contribution is -0.184. The number of benzene rings is 1. The molecule has 106 valence electrons. The smallest absolute Gasteiger partial charge is 0.392 e. The molecule has 1 heterocycles. The minimum Gasteiger partial charge on any atom is -0.481 e. The van der Waals surface area contributed by atoms with Gasteiger partial charge < -0.3 is 5.11 Å². The monoisotopic (exact) mass is 283 g/mol. The first kappa shape index (κ1) is 14.3. The average molecular weight is 283 g/mol. The number of carboxylic acids is 1. The van der Waals surface area contributed by atoms with Crippen molar-refractivity contribution in [1.29, 1.82) is 0 Å². The van der Waals surface area contributed by atoms with Gasteiger partial charge in [-0.1, -0.05) is 31.2 Å². The highest BCUT2D eigenvalue weighted by Crippen LogP contribution is 2.37. The van der Waals surface area contributed by atoms with E-state index in [9.17, 15) is 18.0 Å². The van der Waals surface area contributed by atoms with Gasteiger partial charge in [0.25, 0.3) is 0 Å². The van der Waals surface area contributed by atoms with Gasteiger partial charge in [-0.05, 0) is 11.5 Å². The maximum absolute atomic E-state index is 12.8. The molecule has 0 fully saturated rings. The van der Waals surface area contributed by atoms with Crippen LogP contribution in [-0.4, -0.2) is 22.2 Å². The van der Waals surface area contributed by atoms with E-state index in [1.54, 1.807) is 24.3 Å². The normalized spacial score (nSPS) is 15.0. The molecule has 0 aliphatic rings. The van der Waals surface area contributed by atoms with Crippen LogP contribution in [0.5, 0.6) is 0 Å². The highest BCUT2D eigenvalue weighted by atomic mass is 19.4. The van der Waals surface area contributed by atoms with Crippen molar-refractivity contribution in [3.05, 3.63) is 42.2 Å². The molecule has 0 radical (unpaired) electrons. The van der Waals surface area contributed by atoms with Gasteiger partial charge in [0.05, 0.1) is 11.6 Å². The molecule has 2 atom stereocenters. The van der Waals surface area contributed by atoms with E-state index in [0.29, 0.717) is 5.39 Å². The zero-order chi connectivity index (χ0) is 14.9. The molecule has 0 saturated heterocycles. The predicted octanol–water partition coefficient (Wildman–Crippen LogP) is 3.60. The summed E-state index contributed by atoms with van der Waals surface area (Å²) in [6.07, 6.45) is -3.19. The van der Waals surface area contributed by atoms with Gasteiger partial charge in [-0.15, -0.1) is 0 Å². The van der Waals surface area contributed by atoms with Crippen molar-refractivity contribution in [1.82, 2.24) is 4.98 Å². The van der Waals surface area contributed by atoms with Crippen LogP contribution in [-0.2, 0) is 4.79 Å². The van der Waals surface area contributed by atoms with Crippen LogP contribution in [0.3, 0.4) is 0 Å². The van der Waals surface area contributed by atoms with E-state index in [0.717, 1.165) is 12.3 Å². The number of hydrogen-bond acceptors (Lipinski definition) is 2. The number of nitrogens with zero attached hydrogens (tertiary/aromatic N) is 1. The first-order valence-corrected chi connectivity index (χ1v) is 5.95. The van der Waals surface area contributed by atoms with Crippen molar-refractivity contribution in [2.75, 3.05) is 0 Å². The lowest BCUT2D eigenvalue weighted by Gasteiger charge is -2.22. The van der Waals surface area contributed by atoms with Crippen LogP contribution in [0.4, 0.5) is 13.2 Å². The lowest BCUT2D eigenvalue weighted by atomic mass is 9.89. The van der Waals surface area contributed by atoms with Gasteiger partial charge in [0.1, 0.15) is 5.92 Å². The number of halogens is 3. The van der Waals surface area contributed by atoms with E-state index >= 15 is 0 Å². The lowest BCUT2D eigenvalue weighted by Crippen LogP contribution is -2.31. The quantitative estimate of drug-likeness (QED) is 0.936. The van der Waals surface area contributed by atoms with Crippen molar-refractivity contribution in [3.63, 3.8) is 0 Å². The van der Waals surface area contributed by atoms with Crippen LogP contribution >= 0.6 is 0 Å². The molecule has 1 N–H and O–H groups in total.